The summed E-state index contributed by atoms with van der Waals surface area (Å²) in [6.45, 7) is 11.2. The SMILES string of the molecule is CC(=O)N(OCCCN)[C@H](C(=O)N1C[C@H](O)C[C@H]1C(=O)N[C@@H](C)c1ccc(-c2scnc2C)cc1)C(C)(C)C.Cl. The first-order chi connectivity index (χ1) is 18.3. The summed E-state index contributed by atoms with van der Waals surface area (Å²) in [5.74, 6) is -1.23. The predicted octanol–water partition coefficient (Wildman–Crippen LogP) is 3.22. The van der Waals surface area contributed by atoms with Crippen LogP contribution >= 0.6 is 23.7 Å². The molecule has 1 fully saturated rings. The van der Waals surface area contributed by atoms with Crippen molar-refractivity contribution in [1.82, 2.24) is 20.3 Å². The summed E-state index contributed by atoms with van der Waals surface area (Å²) in [4.78, 5) is 52.3. The van der Waals surface area contributed by atoms with E-state index in [0.717, 1.165) is 26.8 Å². The summed E-state index contributed by atoms with van der Waals surface area (Å²) in [5.41, 5.74) is 9.62. The van der Waals surface area contributed by atoms with Crippen molar-refractivity contribution in [3.05, 3.63) is 41.0 Å². The van der Waals surface area contributed by atoms with Crippen LogP contribution in [0.1, 0.15) is 64.8 Å². The fourth-order valence-corrected chi connectivity index (χ4v) is 5.59. The zero-order chi connectivity index (χ0) is 28.9. The van der Waals surface area contributed by atoms with Gasteiger partial charge in [-0.05, 0) is 43.4 Å². The highest BCUT2D eigenvalue weighted by Gasteiger charge is 2.47. The molecule has 4 atom stereocenters. The van der Waals surface area contributed by atoms with Gasteiger partial charge in [0.25, 0.3) is 0 Å². The molecule has 222 valence electrons. The smallest absolute Gasteiger partial charge is 0.249 e. The van der Waals surface area contributed by atoms with Crippen molar-refractivity contribution in [2.45, 2.75) is 78.6 Å². The van der Waals surface area contributed by atoms with Gasteiger partial charge >= 0.3 is 0 Å². The van der Waals surface area contributed by atoms with Gasteiger partial charge in [0, 0.05) is 19.9 Å². The molecule has 1 aromatic heterocycles. The van der Waals surface area contributed by atoms with Crippen molar-refractivity contribution < 1.29 is 24.3 Å². The minimum absolute atomic E-state index is 0. The molecule has 0 spiro atoms. The molecule has 0 unspecified atom stereocenters. The van der Waals surface area contributed by atoms with E-state index in [1.807, 2.05) is 64.4 Å². The maximum Gasteiger partial charge on any atom is 0.249 e. The van der Waals surface area contributed by atoms with Gasteiger partial charge in [-0.2, -0.15) is 0 Å². The van der Waals surface area contributed by atoms with Crippen molar-refractivity contribution in [3.63, 3.8) is 0 Å². The first kappa shape index (κ1) is 33.6. The lowest BCUT2D eigenvalue weighted by Gasteiger charge is -2.40. The third-order valence-electron chi connectivity index (χ3n) is 6.82. The van der Waals surface area contributed by atoms with E-state index in [1.165, 1.54) is 11.8 Å². The molecule has 40 heavy (non-hydrogen) atoms. The highest BCUT2D eigenvalue weighted by molar-refractivity contribution is 7.13. The van der Waals surface area contributed by atoms with Gasteiger partial charge in [-0.1, -0.05) is 45.0 Å². The quantitative estimate of drug-likeness (QED) is 0.283. The number of aliphatic hydroxyl groups is 1. The monoisotopic (exact) mass is 595 g/mol. The van der Waals surface area contributed by atoms with Crippen LogP contribution in [-0.2, 0) is 19.2 Å². The van der Waals surface area contributed by atoms with Gasteiger partial charge in [0.1, 0.15) is 12.1 Å². The molecular formula is C28H42ClN5O5S. The van der Waals surface area contributed by atoms with Crippen LogP contribution in [-0.4, -0.2) is 75.7 Å². The molecule has 0 saturated carbocycles. The molecule has 2 heterocycles. The Kier molecular flexibility index (Phi) is 12.1. The number of aromatic nitrogens is 1. The van der Waals surface area contributed by atoms with Crippen molar-refractivity contribution in [1.29, 1.82) is 0 Å². The van der Waals surface area contributed by atoms with E-state index in [-0.39, 0.29) is 43.9 Å². The first-order valence-electron chi connectivity index (χ1n) is 13.3. The zero-order valence-electron chi connectivity index (χ0n) is 24.0. The number of hydrogen-bond acceptors (Lipinski definition) is 8. The van der Waals surface area contributed by atoms with Gasteiger partial charge in [-0.15, -0.1) is 23.7 Å². The Morgan fingerprint density at radius 2 is 1.93 bits per heavy atom. The number of rotatable bonds is 10. The zero-order valence-corrected chi connectivity index (χ0v) is 25.7. The van der Waals surface area contributed by atoms with Crippen LogP contribution in [0.15, 0.2) is 29.8 Å². The largest absolute Gasteiger partial charge is 0.391 e. The van der Waals surface area contributed by atoms with E-state index < -0.39 is 35.4 Å². The molecule has 0 aliphatic carbocycles. The number of carbonyl (C=O) groups is 3. The molecule has 12 heteroatoms. The van der Waals surface area contributed by atoms with Crippen LogP contribution in [0, 0.1) is 12.3 Å². The van der Waals surface area contributed by atoms with E-state index in [4.69, 9.17) is 10.6 Å². The Morgan fingerprint density at radius 1 is 1.27 bits per heavy atom. The fraction of sp³-hybridized carbons (Fsp3) is 0.571. The van der Waals surface area contributed by atoms with Crippen LogP contribution in [0.4, 0.5) is 0 Å². The van der Waals surface area contributed by atoms with E-state index in [9.17, 15) is 19.5 Å². The molecule has 3 rings (SSSR count). The Bertz CT molecular complexity index is 1150. The molecule has 0 bridgehead atoms. The Hall–Kier alpha value is -2.57. The number of β-amino-alcohol motifs (C(OH)–C–C–N with tert-alkyl or cyclic N) is 1. The van der Waals surface area contributed by atoms with Gasteiger partial charge in [0.2, 0.25) is 17.7 Å². The van der Waals surface area contributed by atoms with E-state index in [2.05, 4.69) is 10.3 Å². The van der Waals surface area contributed by atoms with E-state index in [0.29, 0.717) is 13.0 Å². The van der Waals surface area contributed by atoms with Crippen molar-refractivity contribution in [2.24, 2.45) is 11.1 Å². The molecule has 10 nitrogen and oxygen atoms in total. The highest BCUT2D eigenvalue weighted by atomic mass is 35.5. The minimum atomic E-state index is -0.992. The second-order valence-electron chi connectivity index (χ2n) is 11.1. The molecule has 1 saturated heterocycles. The number of amides is 3. The Balaban J connectivity index is 0.00000560. The average molecular weight is 596 g/mol. The highest BCUT2D eigenvalue weighted by Crippen LogP contribution is 2.31. The van der Waals surface area contributed by atoms with Crippen molar-refractivity contribution in [3.8, 4) is 10.4 Å². The number of carbonyl (C=O) groups excluding carboxylic acids is 3. The van der Waals surface area contributed by atoms with Gasteiger partial charge < -0.3 is 21.1 Å². The summed E-state index contributed by atoms with van der Waals surface area (Å²) in [6.07, 6.45) is -0.226. The number of nitrogens with two attached hydrogens (primary N) is 1. The summed E-state index contributed by atoms with van der Waals surface area (Å²) < 4.78 is 0. The second kappa shape index (κ2) is 14.4. The number of aliphatic hydroxyl groups excluding tert-OH is 1. The lowest BCUT2D eigenvalue weighted by atomic mass is 9.85. The standard InChI is InChI=1S/C28H41N5O5S.ClH/c1-17(20-8-10-21(11-9-20)24-18(2)30-16-39-24)31-26(36)23-14-22(35)15-32(23)27(37)25(28(4,5)6)33(19(3)34)38-13-7-12-29;/h8-11,16-17,22-23,25,35H,7,12-15,29H2,1-6H3,(H,31,36);1H/t17-,22+,23-,25+;/m0./s1. The van der Waals surface area contributed by atoms with Gasteiger partial charge in [0.05, 0.1) is 34.8 Å². The first-order valence-corrected chi connectivity index (χ1v) is 14.1. The fourth-order valence-electron chi connectivity index (χ4n) is 4.77. The number of nitrogens with one attached hydrogen (secondary N) is 1. The number of benzene rings is 1. The number of hydroxylamine groups is 2. The van der Waals surface area contributed by atoms with Crippen LogP contribution < -0.4 is 11.1 Å². The van der Waals surface area contributed by atoms with E-state index in [1.54, 1.807) is 11.3 Å². The number of nitrogens with zero attached hydrogens (tertiary/aromatic N) is 3. The van der Waals surface area contributed by atoms with Crippen LogP contribution in [0.5, 0.6) is 0 Å². The maximum absolute atomic E-state index is 13.9. The van der Waals surface area contributed by atoms with Gasteiger partial charge in [-0.25, -0.2) is 10.0 Å². The number of hydrogen-bond donors (Lipinski definition) is 3. The lowest BCUT2D eigenvalue weighted by Crippen LogP contribution is -2.59. The number of aryl methyl sites for hydroxylation is 1. The number of likely N-dealkylation sites (tertiary alicyclic amines) is 1. The molecule has 1 aromatic carbocycles. The molecule has 0 radical (unpaired) electrons. The molecule has 1 aliphatic heterocycles. The Morgan fingerprint density at radius 3 is 2.45 bits per heavy atom. The normalized spacial score (nSPS) is 18.6. The van der Waals surface area contributed by atoms with Crippen molar-refractivity contribution >= 4 is 41.5 Å². The lowest BCUT2D eigenvalue weighted by molar-refractivity contribution is -0.214. The van der Waals surface area contributed by atoms with Crippen LogP contribution in [0.2, 0.25) is 0 Å². The van der Waals surface area contributed by atoms with Crippen LogP contribution in [0.25, 0.3) is 10.4 Å². The summed E-state index contributed by atoms with van der Waals surface area (Å²) >= 11 is 1.58. The van der Waals surface area contributed by atoms with Gasteiger partial charge in [0.15, 0.2) is 0 Å². The Labute approximate surface area is 246 Å². The number of thiazole rings is 1. The third kappa shape index (κ3) is 8.01. The molecule has 4 N–H and O–H groups in total. The summed E-state index contributed by atoms with van der Waals surface area (Å²) in [5, 5.41) is 14.6. The van der Waals surface area contributed by atoms with Crippen molar-refractivity contribution in [2.75, 3.05) is 19.7 Å². The molecule has 3 amide bonds. The number of halogens is 1. The van der Waals surface area contributed by atoms with E-state index >= 15 is 0 Å². The van der Waals surface area contributed by atoms with Gasteiger partial charge in [-0.3, -0.25) is 19.2 Å². The topological polar surface area (TPSA) is 138 Å². The third-order valence-corrected chi connectivity index (χ3v) is 7.80. The maximum atomic E-state index is 13.9. The molecule has 2 aromatic rings. The summed E-state index contributed by atoms with van der Waals surface area (Å²) in [7, 11) is 0. The predicted molar refractivity (Wildman–Crippen MR) is 158 cm³/mol. The second-order valence-corrected chi connectivity index (χ2v) is 12.0. The minimum Gasteiger partial charge on any atom is -0.391 e. The van der Waals surface area contributed by atoms with Crippen LogP contribution in [0.3, 0.4) is 0 Å². The average Bonchev–Trinajstić information content (AvgIpc) is 3.47. The molecule has 1 aliphatic rings. The summed E-state index contributed by atoms with van der Waals surface area (Å²) in [6, 6.07) is 5.74. The molecular weight excluding hydrogens is 554 g/mol.